The van der Waals surface area contributed by atoms with Gasteiger partial charge < -0.3 is 20.8 Å². The van der Waals surface area contributed by atoms with Gasteiger partial charge >= 0.3 is 12.0 Å². The molecule has 0 spiro atoms. The molecule has 98 valence electrons. The van der Waals surface area contributed by atoms with Gasteiger partial charge in [-0.3, -0.25) is 0 Å². The van der Waals surface area contributed by atoms with E-state index in [1.807, 2.05) is 0 Å². The topological polar surface area (TPSA) is 98.7 Å². The molecular formula is C11H13ClN2O4. The van der Waals surface area contributed by atoms with Crippen LogP contribution < -0.4 is 10.6 Å². The minimum Gasteiger partial charge on any atom is -0.479 e. The standard InChI is InChI=1S/C11H13ClN2O4/c12-7-3-1-2-4-8(7)14-11(18)13-6-5-9(15)10(16)17/h1-4,9,15H,5-6H2,(H,16,17)(H2,13,14,18). The molecule has 1 aromatic rings. The Morgan fingerprint density at radius 2 is 2.00 bits per heavy atom. The molecule has 2 amide bonds. The van der Waals surface area contributed by atoms with Crippen LogP contribution in [0.4, 0.5) is 10.5 Å². The lowest BCUT2D eigenvalue weighted by molar-refractivity contribution is -0.146. The zero-order valence-corrected chi connectivity index (χ0v) is 10.1. The molecular weight excluding hydrogens is 260 g/mol. The average Bonchev–Trinajstić information content (AvgIpc) is 2.32. The Morgan fingerprint density at radius 3 is 2.61 bits per heavy atom. The largest absolute Gasteiger partial charge is 0.479 e. The summed E-state index contributed by atoms with van der Waals surface area (Å²) in [6.45, 7) is 0.0454. The lowest BCUT2D eigenvalue weighted by atomic mass is 10.2. The van der Waals surface area contributed by atoms with E-state index in [0.717, 1.165) is 0 Å². The zero-order chi connectivity index (χ0) is 13.5. The fraction of sp³-hybridized carbons (Fsp3) is 0.273. The summed E-state index contributed by atoms with van der Waals surface area (Å²) in [4.78, 5) is 21.7. The molecule has 0 fully saturated rings. The molecule has 0 aliphatic carbocycles. The van der Waals surface area contributed by atoms with Gasteiger partial charge in [-0.15, -0.1) is 0 Å². The van der Waals surface area contributed by atoms with Crippen molar-refractivity contribution in [1.29, 1.82) is 0 Å². The van der Waals surface area contributed by atoms with Gasteiger partial charge in [-0.05, 0) is 12.1 Å². The highest BCUT2D eigenvalue weighted by Crippen LogP contribution is 2.19. The highest BCUT2D eigenvalue weighted by atomic mass is 35.5. The Bertz CT molecular complexity index is 439. The number of hydrogen-bond acceptors (Lipinski definition) is 3. The SMILES string of the molecule is O=C(NCCC(O)C(=O)O)Nc1ccccc1Cl. The lowest BCUT2D eigenvalue weighted by Crippen LogP contribution is -2.33. The summed E-state index contributed by atoms with van der Waals surface area (Å²) in [5, 5.41) is 22.7. The maximum absolute atomic E-state index is 11.4. The van der Waals surface area contributed by atoms with Gasteiger partial charge in [0.05, 0.1) is 10.7 Å². The Kier molecular flexibility index (Phi) is 5.41. The molecule has 0 saturated carbocycles. The zero-order valence-electron chi connectivity index (χ0n) is 9.39. The van der Waals surface area contributed by atoms with Crippen LogP contribution >= 0.6 is 11.6 Å². The van der Waals surface area contributed by atoms with Crippen molar-refractivity contribution in [2.75, 3.05) is 11.9 Å². The molecule has 0 aliphatic rings. The third-order valence-electron chi connectivity index (χ3n) is 2.11. The van der Waals surface area contributed by atoms with Crippen LogP contribution in [0, 0.1) is 0 Å². The van der Waals surface area contributed by atoms with E-state index in [9.17, 15) is 9.59 Å². The van der Waals surface area contributed by atoms with Gasteiger partial charge in [-0.25, -0.2) is 9.59 Å². The summed E-state index contributed by atoms with van der Waals surface area (Å²) in [5.41, 5.74) is 0.454. The summed E-state index contributed by atoms with van der Waals surface area (Å²) >= 11 is 5.83. The molecule has 1 rings (SSSR count). The number of aliphatic hydroxyl groups excluding tert-OH is 1. The van der Waals surface area contributed by atoms with E-state index in [1.165, 1.54) is 0 Å². The number of carbonyl (C=O) groups is 2. The van der Waals surface area contributed by atoms with E-state index in [-0.39, 0.29) is 13.0 Å². The molecule has 6 nitrogen and oxygen atoms in total. The van der Waals surface area contributed by atoms with Gasteiger partial charge in [0.1, 0.15) is 0 Å². The molecule has 1 unspecified atom stereocenters. The molecule has 0 heterocycles. The van der Waals surface area contributed by atoms with Crippen molar-refractivity contribution in [1.82, 2.24) is 5.32 Å². The summed E-state index contributed by atoms with van der Waals surface area (Å²) in [6.07, 6.45) is -1.55. The van der Waals surface area contributed by atoms with Crippen molar-refractivity contribution >= 4 is 29.3 Å². The van der Waals surface area contributed by atoms with Crippen LogP contribution in [-0.4, -0.2) is 34.9 Å². The molecule has 0 aliphatic heterocycles. The Morgan fingerprint density at radius 1 is 1.33 bits per heavy atom. The van der Waals surface area contributed by atoms with Crippen molar-refractivity contribution in [3.8, 4) is 0 Å². The van der Waals surface area contributed by atoms with Crippen molar-refractivity contribution in [3.05, 3.63) is 29.3 Å². The van der Waals surface area contributed by atoms with Gasteiger partial charge in [0.25, 0.3) is 0 Å². The second kappa shape index (κ2) is 6.83. The molecule has 1 atom stereocenters. The smallest absolute Gasteiger partial charge is 0.332 e. The van der Waals surface area contributed by atoms with Gasteiger partial charge in [0.2, 0.25) is 0 Å². The van der Waals surface area contributed by atoms with Crippen LogP contribution in [0.5, 0.6) is 0 Å². The molecule has 0 saturated heterocycles. The predicted molar refractivity (Wildman–Crippen MR) is 66.7 cm³/mol. The number of amides is 2. The van der Waals surface area contributed by atoms with Crippen molar-refractivity contribution in [2.24, 2.45) is 0 Å². The number of carboxylic acid groups (broad SMARTS) is 1. The van der Waals surface area contributed by atoms with Crippen LogP contribution in [0.2, 0.25) is 5.02 Å². The third-order valence-corrected chi connectivity index (χ3v) is 2.44. The van der Waals surface area contributed by atoms with Crippen LogP contribution in [-0.2, 0) is 4.79 Å². The van der Waals surface area contributed by atoms with Crippen molar-refractivity contribution in [3.63, 3.8) is 0 Å². The highest BCUT2D eigenvalue weighted by Gasteiger charge is 2.13. The lowest BCUT2D eigenvalue weighted by Gasteiger charge is -2.09. The van der Waals surface area contributed by atoms with Crippen LogP contribution in [0.3, 0.4) is 0 Å². The number of hydrogen-bond donors (Lipinski definition) is 4. The monoisotopic (exact) mass is 272 g/mol. The summed E-state index contributed by atoms with van der Waals surface area (Å²) < 4.78 is 0. The first-order chi connectivity index (χ1) is 8.50. The van der Waals surface area contributed by atoms with Gasteiger partial charge in [0.15, 0.2) is 6.10 Å². The minimum atomic E-state index is -1.48. The maximum atomic E-state index is 11.4. The van der Waals surface area contributed by atoms with E-state index in [2.05, 4.69) is 10.6 Å². The number of carboxylic acids is 1. The van der Waals surface area contributed by atoms with E-state index < -0.39 is 18.1 Å². The summed E-state index contributed by atoms with van der Waals surface area (Å²) in [5.74, 6) is -1.32. The van der Waals surface area contributed by atoms with Crippen LogP contribution in [0.1, 0.15) is 6.42 Å². The number of halogens is 1. The Labute approximate surface area is 109 Å². The fourth-order valence-electron chi connectivity index (χ4n) is 1.17. The molecule has 1 aromatic carbocycles. The first-order valence-electron chi connectivity index (χ1n) is 5.21. The van der Waals surface area contributed by atoms with Gasteiger partial charge in [-0.2, -0.15) is 0 Å². The van der Waals surface area contributed by atoms with E-state index in [1.54, 1.807) is 24.3 Å². The normalized spacial score (nSPS) is 11.7. The number of aliphatic hydroxyl groups is 1. The molecule has 7 heteroatoms. The minimum absolute atomic E-state index is 0.0454. The first-order valence-corrected chi connectivity index (χ1v) is 5.58. The Hall–Kier alpha value is -1.79. The molecule has 0 aromatic heterocycles. The number of benzene rings is 1. The number of aliphatic carboxylic acids is 1. The predicted octanol–water partition coefficient (Wildman–Crippen LogP) is 1.30. The van der Waals surface area contributed by atoms with E-state index in [0.29, 0.717) is 10.7 Å². The maximum Gasteiger partial charge on any atom is 0.332 e. The van der Waals surface area contributed by atoms with Crippen molar-refractivity contribution in [2.45, 2.75) is 12.5 Å². The molecule has 18 heavy (non-hydrogen) atoms. The number of para-hydroxylation sites is 1. The molecule has 0 radical (unpaired) electrons. The number of anilines is 1. The van der Waals surface area contributed by atoms with E-state index in [4.69, 9.17) is 21.8 Å². The second-order valence-electron chi connectivity index (χ2n) is 3.50. The van der Waals surface area contributed by atoms with Gasteiger partial charge in [-0.1, -0.05) is 23.7 Å². The highest BCUT2D eigenvalue weighted by molar-refractivity contribution is 6.33. The van der Waals surface area contributed by atoms with Crippen LogP contribution in [0.25, 0.3) is 0 Å². The molecule has 0 bridgehead atoms. The van der Waals surface area contributed by atoms with E-state index >= 15 is 0 Å². The third kappa shape index (κ3) is 4.60. The number of rotatable bonds is 5. The number of nitrogens with one attached hydrogen (secondary N) is 2. The fourth-order valence-corrected chi connectivity index (χ4v) is 1.36. The Balaban J connectivity index is 2.35. The number of urea groups is 1. The molecule has 4 N–H and O–H groups in total. The average molecular weight is 273 g/mol. The van der Waals surface area contributed by atoms with Gasteiger partial charge in [0, 0.05) is 13.0 Å². The number of carbonyl (C=O) groups excluding carboxylic acids is 1. The summed E-state index contributed by atoms with van der Waals surface area (Å²) in [6, 6.07) is 6.20. The summed E-state index contributed by atoms with van der Waals surface area (Å²) in [7, 11) is 0. The van der Waals surface area contributed by atoms with Crippen molar-refractivity contribution < 1.29 is 19.8 Å². The second-order valence-corrected chi connectivity index (χ2v) is 3.91. The van der Waals surface area contributed by atoms with Crippen LogP contribution in [0.15, 0.2) is 24.3 Å². The quantitative estimate of drug-likeness (QED) is 0.649. The first kappa shape index (κ1) is 14.3.